The Morgan fingerprint density at radius 3 is 1.55 bits per heavy atom. The number of aryl methyl sites for hydroxylation is 4. The molecule has 0 aliphatic heterocycles. The molecule has 0 saturated carbocycles. The molecule has 3 nitrogen and oxygen atoms in total. The van der Waals surface area contributed by atoms with Gasteiger partial charge in [0.25, 0.3) is 0 Å². The van der Waals surface area contributed by atoms with Crippen LogP contribution in [0.2, 0.25) is 0 Å². The van der Waals surface area contributed by atoms with E-state index in [1.54, 1.807) is 0 Å². The molecule has 104 valence electrons. The molecule has 2 amide bonds. The highest BCUT2D eigenvalue weighted by Crippen LogP contribution is 2.19. The summed E-state index contributed by atoms with van der Waals surface area (Å²) < 4.78 is 0. The maximum absolute atomic E-state index is 12.1. The van der Waals surface area contributed by atoms with Gasteiger partial charge in [0.05, 0.1) is 0 Å². The molecule has 2 aromatic rings. The van der Waals surface area contributed by atoms with E-state index in [0.717, 1.165) is 33.6 Å². The molecule has 20 heavy (non-hydrogen) atoms. The number of nitrogens with one attached hydrogen (secondary N) is 2. The first kappa shape index (κ1) is 14.1. The van der Waals surface area contributed by atoms with Crippen LogP contribution in [0, 0.1) is 27.7 Å². The molecule has 0 spiro atoms. The van der Waals surface area contributed by atoms with Crippen molar-refractivity contribution in [1.29, 1.82) is 0 Å². The van der Waals surface area contributed by atoms with Crippen LogP contribution < -0.4 is 10.6 Å². The largest absolute Gasteiger partial charge is 0.323 e. The lowest BCUT2D eigenvalue weighted by atomic mass is 10.1. The van der Waals surface area contributed by atoms with E-state index in [1.165, 1.54) is 0 Å². The first-order valence-corrected chi connectivity index (χ1v) is 6.68. The molecule has 0 saturated heterocycles. The second kappa shape index (κ2) is 5.78. The van der Waals surface area contributed by atoms with Gasteiger partial charge in [-0.1, -0.05) is 24.3 Å². The second-order valence-corrected chi connectivity index (χ2v) is 5.22. The van der Waals surface area contributed by atoms with Crippen molar-refractivity contribution in [2.75, 3.05) is 10.6 Å². The van der Waals surface area contributed by atoms with Crippen LogP contribution in [0.15, 0.2) is 36.4 Å². The number of hydrogen-bond donors (Lipinski definition) is 2. The zero-order valence-electron chi connectivity index (χ0n) is 12.4. The first-order chi connectivity index (χ1) is 9.45. The van der Waals surface area contributed by atoms with Crippen molar-refractivity contribution in [3.05, 3.63) is 58.7 Å². The predicted octanol–water partition coefficient (Wildman–Crippen LogP) is 4.56. The molecule has 0 atom stereocenters. The fourth-order valence-corrected chi connectivity index (χ4v) is 2.02. The van der Waals surface area contributed by atoms with E-state index in [1.807, 2.05) is 64.1 Å². The molecular weight excluding hydrogens is 248 g/mol. The summed E-state index contributed by atoms with van der Waals surface area (Å²) in [5.74, 6) is 0. The number of carbonyl (C=O) groups excluding carboxylic acids is 1. The molecule has 0 bridgehead atoms. The van der Waals surface area contributed by atoms with Gasteiger partial charge >= 0.3 is 6.03 Å². The summed E-state index contributed by atoms with van der Waals surface area (Å²) in [5, 5.41) is 5.79. The third-order valence-corrected chi connectivity index (χ3v) is 3.28. The lowest BCUT2D eigenvalue weighted by Gasteiger charge is -2.12. The van der Waals surface area contributed by atoms with Gasteiger partial charge in [-0.25, -0.2) is 4.79 Å². The van der Waals surface area contributed by atoms with Crippen molar-refractivity contribution in [3.8, 4) is 0 Å². The molecule has 2 rings (SSSR count). The van der Waals surface area contributed by atoms with E-state index >= 15 is 0 Å². The van der Waals surface area contributed by atoms with Gasteiger partial charge in [0.1, 0.15) is 0 Å². The maximum Gasteiger partial charge on any atom is 0.323 e. The van der Waals surface area contributed by atoms with Crippen molar-refractivity contribution in [2.24, 2.45) is 0 Å². The molecule has 2 N–H and O–H groups in total. The van der Waals surface area contributed by atoms with Crippen molar-refractivity contribution >= 4 is 17.4 Å². The topological polar surface area (TPSA) is 41.1 Å². The number of hydrogen-bond acceptors (Lipinski definition) is 1. The Morgan fingerprint density at radius 1 is 0.750 bits per heavy atom. The fraction of sp³-hybridized carbons (Fsp3) is 0.235. The van der Waals surface area contributed by atoms with Crippen LogP contribution in [0.5, 0.6) is 0 Å². The summed E-state index contributed by atoms with van der Waals surface area (Å²) >= 11 is 0. The minimum absolute atomic E-state index is 0.215. The Morgan fingerprint density at radius 2 is 1.15 bits per heavy atom. The number of anilines is 2. The number of urea groups is 1. The number of carbonyl (C=O) groups is 1. The Hall–Kier alpha value is -2.29. The SMILES string of the molecule is Cc1ccc(C)c(NC(=O)Nc2cc(C)ccc2C)c1. The maximum atomic E-state index is 12.1. The van der Waals surface area contributed by atoms with Gasteiger partial charge in [-0.15, -0.1) is 0 Å². The van der Waals surface area contributed by atoms with Crippen LogP contribution in [-0.4, -0.2) is 6.03 Å². The first-order valence-electron chi connectivity index (χ1n) is 6.68. The highest BCUT2D eigenvalue weighted by atomic mass is 16.2. The zero-order valence-corrected chi connectivity index (χ0v) is 12.4. The lowest BCUT2D eigenvalue weighted by molar-refractivity contribution is 0.262. The Bertz CT molecular complexity index is 592. The van der Waals surface area contributed by atoms with Crippen molar-refractivity contribution in [3.63, 3.8) is 0 Å². The van der Waals surface area contributed by atoms with E-state index in [9.17, 15) is 4.79 Å². The molecule has 2 aromatic carbocycles. The summed E-state index contributed by atoms with van der Waals surface area (Å²) in [7, 11) is 0. The lowest BCUT2D eigenvalue weighted by Crippen LogP contribution is -2.20. The van der Waals surface area contributed by atoms with Gasteiger partial charge in [0.15, 0.2) is 0 Å². The second-order valence-electron chi connectivity index (χ2n) is 5.22. The minimum Gasteiger partial charge on any atom is -0.307 e. The molecule has 0 fully saturated rings. The number of benzene rings is 2. The Kier molecular flexibility index (Phi) is 4.08. The average Bonchev–Trinajstić information content (AvgIpc) is 2.38. The molecule has 3 heteroatoms. The molecule has 0 radical (unpaired) electrons. The van der Waals surface area contributed by atoms with E-state index in [4.69, 9.17) is 0 Å². The summed E-state index contributed by atoms with van der Waals surface area (Å²) in [6.45, 7) is 7.97. The predicted molar refractivity (Wildman–Crippen MR) is 84.5 cm³/mol. The third-order valence-electron chi connectivity index (χ3n) is 3.28. The standard InChI is InChI=1S/C17H20N2O/c1-11-5-7-13(3)15(9-11)18-17(20)19-16-10-12(2)6-8-14(16)4/h5-10H,1-4H3,(H2,18,19,20). The van der Waals surface area contributed by atoms with Gasteiger partial charge < -0.3 is 10.6 Å². The number of rotatable bonds is 2. The fourth-order valence-electron chi connectivity index (χ4n) is 2.02. The van der Waals surface area contributed by atoms with E-state index in [0.29, 0.717) is 0 Å². The average molecular weight is 268 g/mol. The van der Waals surface area contributed by atoms with Crippen LogP contribution in [0.3, 0.4) is 0 Å². The monoisotopic (exact) mass is 268 g/mol. The highest BCUT2D eigenvalue weighted by Gasteiger charge is 2.07. The molecule has 0 aliphatic rings. The van der Waals surface area contributed by atoms with Gasteiger partial charge in [0, 0.05) is 11.4 Å². The summed E-state index contributed by atoms with van der Waals surface area (Å²) in [6, 6.07) is 11.8. The van der Waals surface area contributed by atoms with Crippen LogP contribution >= 0.6 is 0 Å². The zero-order chi connectivity index (χ0) is 14.7. The van der Waals surface area contributed by atoms with E-state index in [2.05, 4.69) is 10.6 Å². The normalized spacial score (nSPS) is 10.2. The van der Waals surface area contributed by atoms with Gasteiger partial charge in [0.2, 0.25) is 0 Å². The van der Waals surface area contributed by atoms with Gasteiger partial charge in [-0.3, -0.25) is 0 Å². The minimum atomic E-state index is -0.215. The third kappa shape index (κ3) is 3.38. The van der Waals surface area contributed by atoms with Crippen molar-refractivity contribution in [2.45, 2.75) is 27.7 Å². The van der Waals surface area contributed by atoms with Crippen molar-refractivity contribution in [1.82, 2.24) is 0 Å². The Balaban J connectivity index is 2.13. The van der Waals surface area contributed by atoms with Crippen LogP contribution in [0.25, 0.3) is 0 Å². The summed E-state index contributed by atoms with van der Waals surface area (Å²) in [4.78, 5) is 12.1. The van der Waals surface area contributed by atoms with Gasteiger partial charge in [-0.05, 0) is 62.1 Å². The van der Waals surface area contributed by atoms with Crippen molar-refractivity contribution < 1.29 is 4.79 Å². The highest BCUT2D eigenvalue weighted by molar-refractivity contribution is 6.00. The summed E-state index contributed by atoms with van der Waals surface area (Å²) in [5.41, 5.74) is 6.02. The van der Waals surface area contributed by atoms with Crippen LogP contribution in [0.1, 0.15) is 22.3 Å². The molecule has 0 unspecified atom stereocenters. The van der Waals surface area contributed by atoms with Crippen LogP contribution in [0.4, 0.5) is 16.2 Å². The quantitative estimate of drug-likeness (QED) is 0.823. The van der Waals surface area contributed by atoms with E-state index in [-0.39, 0.29) is 6.03 Å². The van der Waals surface area contributed by atoms with Crippen LogP contribution in [-0.2, 0) is 0 Å². The summed E-state index contributed by atoms with van der Waals surface area (Å²) in [6.07, 6.45) is 0. The molecule has 0 heterocycles. The molecule has 0 aliphatic carbocycles. The molecule has 0 aromatic heterocycles. The number of amides is 2. The van der Waals surface area contributed by atoms with Gasteiger partial charge in [-0.2, -0.15) is 0 Å². The Labute approximate surface area is 120 Å². The van der Waals surface area contributed by atoms with E-state index < -0.39 is 0 Å². The smallest absolute Gasteiger partial charge is 0.307 e. The molecular formula is C17H20N2O.